The lowest BCUT2D eigenvalue weighted by Crippen LogP contribution is -1.96. The molecule has 0 aliphatic heterocycles. The minimum Gasteiger partial charge on any atom is -0.357 e. The van der Waals surface area contributed by atoms with Gasteiger partial charge in [0.15, 0.2) is 0 Å². The number of nitrogens with one attached hydrogen (secondary N) is 1. The van der Waals surface area contributed by atoms with E-state index in [0.717, 1.165) is 21.3 Å². The van der Waals surface area contributed by atoms with E-state index >= 15 is 0 Å². The molecule has 0 amide bonds. The number of nitrogens with zero attached hydrogens (tertiary/aromatic N) is 2. The Labute approximate surface area is 126 Å². The van der Waals surface area contributed by atoms with Crippen LogP contribution in [0.3, 0.4) is 0 Å². The highest BCUT2D eigenvalue weighted by Crippen LogP contribution is 2.37. The molecular formula is C15H14ClN3S. The van der Waals surface area contributed by atoms with Crippen LogP contribution >= 0.6 is 22.9 Å². The number of rotatable bonds is 2. The van der Waals surface area contributed by atoms with Crippen LogP contribution in [-0.4, -0.2) is 17.0 Å². The average Bonchev–Trinajstić information content (AvgIpc) is 2.86. The van der Waals surface area contributed by atoms with Crippen molar-refractivity contribution in [3.8, 4) is 11.1 Å². The smallest absolute Gasteiger partial charge is 0.225 e. The van der Waals surface area contributed by atoms with Gasteiger partial charge in [0.05, 0.1) is 5.39 Å². The summed E-state index contributed by atoms with van der Waals surface area (Å²) >= 11 is 7.91. The van der Waals surface area contributed by atoms with Crippen LogP contribution < -0.4 is 5.32 Å². The third-order valence-electron chi connectivity index (χ3n) is 3.43. The summed E-state index contributed by atoms with van der Waals surface area (Å²) in [6, 6.07) is 6.43. The van der Waals surface area contributed by atoms with E-state index in [4.69, 9.17) is 11.6 Å². The Bertz CT molecular complexity index is 795. The first kappa shape index (κ1) is 13.3. The van der Waals surface area contributed by atoms with E-state index in [1.807, 2.05) is 0 Å². The molecule has 2 aromatic heterocycles. The molecule has 20 heavy (non-hydrogen) atoms. The molecule has 3 nitrogen and oxygen atoms in total. The summed E-state index contributed by atoms with van der Waals surface area (Å²) < 4.78 is 0. The zero-order chi connectivity index (χ0) is 14.3. The second kappa shape index (κ2) is 5.04. The van der Waals surface area contributed by atoms with E-state index in [2.05, 4.69) is 52.7 Å². The normalized spacial score (nSPS) is 11.0. The molecule has 0 aliphatic rings. The predicted molar refractivity (Wildman–Crippen MR) is 86.9 cm³/mol. The molecule has 0 fully saturated rings. The van der Waals surface area contributed by atoms with E-state index in [1.54, 1.807) is 18.4 Å². The quantitative estimate of drug-likeness (QED) is 0.699. The summed E-state index contributed by atoms with van der Waals surface area (Å²) in [4.78, 5) is 9.63. The first-order chi connectivity index (χ1) is 9.60. The van der Waals surface area contributed by atoms with Crippen molar-refractivity contribution in [1.82, 2.24) is 9.97 Å². The first-order valence-corrected chi connectivity index (χ1v) is 7.56. The molecule has 0 bridgehead atoms. The Morgan fingerprint density at radius 2 is 1.95 bits per heavy atom. The Morgan fingerprint density at radius 1 is 1.15 bits per heavy atom. The molecule has 1 N–H and O–H groups in total. The van der Waals surface area contributed by atoms with Gasteiger partial charge in [0, 0.05) is 18.0 Å². The van der Waals surface area contributed by atoms with Crippen LogP contribution in [0.5, 0.6) is 0 Å². The molecule has 0 unspecified atom stereocenters. The van der Waals surface area contributed by atoms with Crippen molar-refractivity contribution in [3.63, 3.8) is 0 Å². The lowest BCUT2D eigenvalue weighted by Gasteiger charge is -2.06. The Kier molecular flexibility index (Phi) is 3.36. The topological polar surface area (TPSA) is 37.8 Å². The highest BCUT2D eigenvalue weighted by Gasteiger charge is 2.14. The van der Waals surface area contributed by atoms with Gasteiger partial charge in [0.2, 0.25) is 5.95 Å². The molecular weight excluding hydrogens is 290 g/mol. The molecule has 0 atom stereocenters. The lowest BCUT2D eigenvalue weighted by molar-refractivity contribution is 1.20. The second-order valence-electron chi connectivity index (χ2n) is 4.72. The van der Waals surface area contributed by atoms with E-state index in [-0.39, 0.29) is 0 Å². The summed E-state index contributed by atoms with van der Waals surface area (Å²) in [5.41, 5.74) is 4.81. The maximum Gasteiger partial charge on any atom is 0.225 e. The van der Waals surface area contributed by atoms with Crippen molar-refractivity contribution in [1.29, 1.82) is 0 Å². The summed E-state index contributed by atoms with van der Waals surface area (Å²) in [6.07, 6.45) is 0. The number of anilines is 1. The third-order valence-corrected chi connectivity index (χ3v) is 4.58. The van der Waals surface area contributed by atoms with Crippen LogP contribution in [0.25, 0.3) is 21.3 Å². The van der Waals surface area contributed by atoms with Crippen molar-refractivity contribution in [2.75, 3.05) is 12.4 Å². The molecule has 5 heteroatoms. The van der Waals surface area contributed by atoms with Gasteiger partial charge >= 0.3 is 0 Å². The number of thiophene rings is 1. The zero-order valence-corrected chi connectivity index (χ0v) is 13.1. The molecule has 2 heterocycles. The van der Waals surface area contributed by atoms with Crippen molar-refractivity contribution < 1.29 is 0 Å². The maximum atomic E-state index is 6.32. The van der Waals surface area contributed by atoms with Crippen LogP contribution in [0.1, 0.15) is 11.1 Å². The van der Waals surface area contributed by atoms with Gasteiger partial charge in [0.1, 0.15) is 9.98 Å². The molecule has 0 spiro atoms. The summed E-state index contributed by atoms with van der Waals surface area (Å²) in [6.45, 7) is 4.23. The SMILES string of the molecule is CNc1nc(Cl)c2c(-c3ccc(C)c(C)c3)csc2n1. The van der Waals surface area contributed by atoms with E-state index in [9.17, 15) is 0 Å². The first-order valence-electron chi connectivity index (χ1n) is 6.30. The lowest BCUT2D eigenvalue weighted by atomic mass is 10.0. The molecule has 0 saturated heterocycles. The number of benzene rings is 1. The predicted octanol–water partition coefficient (Wildman–Crippen LogP) is 4.67. The van der Waals surface area contributed by atoms with E-state index in [1.165, 1.54) is 11.1 Å². The molecule has 0 saturated carbocycles. The zero-order valence-electron chi connectivity index (χ0n) is 11.5. The maximum absolute atomic E-state index is 6.32. The van der Waals surface area contributed by atoms with Crippen LogP contribution in [0.2, 0.25) is 5.15 Å². The van der Waals surface area contributed by atoms with E-state index in [0.29, 0.717) is 11.1 Å². The number of halogens is 1. The minimum absolute atomic E-state index is 0.494. The molecule has 0 aliphatic carbocycles. The summed E-state index contributed by atoms with van der Waals surface area (Å²) in [5.74, 6) is 0.552. The van der Waals surface area contributed by atoms with Gasteiger partial charge in [-0.05, 0) is 30.5 Å². The highest BCUT2D eigenvalue weighted by atomic mass is 35.5. The Balaban J connectivity index is 2.24. The Hall–Kier alpha value is -1.65. The van der Waals surface area contributed by atoms with Gasteiger partial charge < -0.3 is 5.32 Å². The van der Waals surface area contributed by atoms with Crippen LogP contribution in [0.15, 0.2) is 23.6 Å². The van der Waals surface area contributed by atoms with Gasteiger partial charge in [-0.15, -0.1) is 11.3 Å². The molecule has 3 aromatic rings. The number of hydrogen-bond acceptors (Lipinski definition) is 4. The highest BCUT2D eigenvalue weighted by molar-refractivity contribution is 7.17. The number of aryl methyl sites for hydroxylation is 2. The second-order valence-corrected chi connectivity index (χ2v) is 5.93. The third kappa shape index (κ3) is 2.15. The van der Waals surface area contributed by atoms with Crippen molar-refractivity contribution in [3.05, 3.63) is 39.9 Å². The average molecular weight is 304 g/mol. The van der Waals surface area contributed by atoms with Crippen molar-refractivity contribution in [2.24, 2.45) is 0 Å². The largest absolute Gasteiger partial charge is 0.357 e. The minimum atomic E-state index is 0.494. The van der Waals surface area contributed by atoms with Crippen molar-refractivity contribution in [2.45, 2.75) is 13.8 Å². The van der Waals surface area contributed by atoms with Gasteiger partial charge in [-0.3, -0.25) is 0 Å². The number of aromatic nitrogens is 2. The molecule has 1 aromatic carbocycles. The monoisotopic (exact) mass is 303 g/mol. The number of hydrogen-bond donors (Lipinski definition) is 1. The van der Waals surface area contributed by atoms with Crippen molar-refractivity contribution >= 4 is 39.1 Å². The molecule has 3 rings (SSSR count). The fourth-order valence-corrected chi connectivity index (χ4v) is 3.41. The fourth-order valence-electron chi connectivity index (χ4n) is 2.13. The van der Waals surface area contributed by atoms with Crippen LogP contribution in [0, 0.1) is 13.8 Å². The van der Waals surface area contributed by atoms with Gasteiger partial charge in [-0.2, -0.15) is 0 Å². The van der Waals surface area contributed by atoms with E-state index < -0.39 is 0 Å². The standard InChI is InChI=1S/C15H14ClN3S/c1-8-4-5-10(6-9(8)2)11-7-20-14-12(11)13(16)18-15(17-3)19-14/h4-7H,1-3H3,(H,17,18,19). The summed E-state index contributed by atoms with van der Waals surface area (Å²) in [5, 5.41) is 6.44. The number of fused-ring (bicyclic) bond motifs is 1. The fraction of sp³-hybridized carbons (Fsp3) is 0.200. The van der Waals surface area contributed by atoms with Gasteiger partial charge in [0.25, 0.3) is 0 Å². The Morgan fingerprint density at radius 3 is 2.65 bits per heavy atom. The van der Waals surface area contributed by atoms with Gasteiger partial charge in [-0.25, -0.2) is 9.97 Å². The van der Waals surface area contributed by atoms with Crippen LogP contribution in [0.4, 0.5) is 5.95 Å². The molecule has 0 radical (unpaired) electrons. The van der Waals surface area contributed by atoms with Crippen LogP contribution in [-0.2, 0) is 0 Å². The molecule has 102 valence electrons. The van der Waals surface area contributed by atoms with Gasteiger partial charge in [-0.1, -0.05) is 29.8 Å². The summed E-state index contributed by atoms with van der Waals surface area (Å²) in [7, 11) is 1.79.